The zero-order valence-electron chi connectivity index (χ0n) is 7.31. The van der Waals surface area contributed by atoms with Crippen LogP contribution in [0.2, 0.25) is 0 Å². The molecule has 3 aromatic rings. The molecule has 3 heteroatoms. The van der Waals surface area contributed by atoms with Crippen molar-refractivity contribution < 1.29 is 0 Å². The zero-order valence-corrected chi connectivity index (χ0v) is 7.31. The molecule has 65 valence electrons. The van der Waals surface area contributed by atoms with E-state index in [0.29, 0.717) is 5.65 Å². The SMILES string of the molecule is [c]1c2ccccc2nc2ncncc12. The Hall–Kier alpha value is -2.03. The summed E-state index contributed by atoms with van der Waals surface area (Å²) in [6.07, 6.45) is 3.22. The molecule has 0 amide bonds. The first-order valence-corrected chi connectivity index (χ1v) is 4.31. The van der Waals surface area contributed by atoms with Crippen LogP contribution in [0, 0.1) is 6.07 Å². The van der Waals surface area contributed by atoms with Crippen LogP contribution in [0.3, 0.4) is 0 Å². The largest absolute Gasteiger partial charge is 0.244 e. The molecule has 2 heterocycles. The Kier molecular flexibility index (Phi) is 1.44. The minimum Gasteiger partial charge on any atom is -0.244 e. The fraction of sp³-hybridized carbons (Fsp3) is 0. The van der Waals surface area contributed by atoms with Crippen molar-refractivity contribution in [2.75, 3.05) is 0 Å². The molecular weight excluding hydrogens is 174 g/mol. The molecule has 0 aliphatic heterocycles. The van der Waals surface area contributed by atoms with Crippen LogP contribution < -0.4 is 0 Å². The van der Waals surface area contributed by atoms with Gasteiger partial charge in [0.1, 0.15) is 6.33 Å². The maximum Gasteiger partial charge on any atom is 0.163 e. The molecule has 0 saturated carbocycles. The van der Waals surface area contributed by atoms with Crippen LogP contribution in [0.1, 0.15) is 0 Å². The summed E-state index contributed by atoms with van der Waals surface area (Å²) in [5.74, 6) is 0. The third-order valence-electron chi connectivity index (χ3n) is 2.09. The Morgan fingerprint density at radius 1 is 1.07 bits per heavy atom. The van der Waals surface area contributed by atoms with E-state index >= 15 is 0 Å². The van der Waals surface area contributed by atoms with Crippen LogP contribution in [-0.4, -0.2) is 15.0 Å². The van der Waals surface area contributed by atoms with Gasteiger partial charge in [0.05, 0.1) is 5.52 Å². The fourth-order valence-corrected chi connectivity index (χ4v) is 1.44. The van der Waals surface area contributed by atoms with Crippen molar-refractivity contribution in [1.82, 2.24) is 15.0 Å². The molecule has 1 aromatic carbocycles. The summed E-state index contributed by atoms with van der Waals surface area (Å²) in [6, 6.07) is 11.1. The van der Waals surface area contributed by atoms with Crippen molar-refractivity contribution in [2.45, 2.75) is 0 Å². The second kappa shape index (κ2) is 2.73. The molecule has 0 spiro atoms. The van der Waals surface area contributed by atoms with Crippen molar-refractivity contribution in [2.24, 2.45) is 0 Å². The summed E-state index contributed by atoms with van der Waals surface area (Å²) in [4.78, 5) is 12.4. The number of hydrogen-bond acceptors (Lipinski definition) is 3. The molecule has 14 heavy (non-hydrogen) atoms. The molecule has 0 saturated heterocycles. The van der Waals surface area contributed by atoms with Crippen LogP contribution in [0.15, 0.2) is 36.8 Å². The Morgan fingerprint density at radius 2 is 2.00 bits per heavy atom. The van der Waals surface area contributed by atoms with Crippen molar-refractivity contribution in [3.8, 4) is 0 Å². The van der Waals surface area contributed by atoms with Crippen LogP contribution >= 0.6 is 0 Å². The highest BCUT2D eigenvalue weighted by Gasteiger charge is 1.99. The number of fused-ring (bicyclic) bond motifs is 2. The normalized spacial score (nSPS) is 10.9. The number of rotatable bonds is 0. The van der Waals surface area contributed by atoms with Crippen LogP contribution in [0.5, 0.6) is 0 Å². The third-order valence-corrected chi connectivity index (χ3v) is 2.09. The third kappa shape index (κ3) is 1.03. The second-order valence-electron chi connectivity index (χ2n) is 3.01. The van der Waals surface area contributed by atoms with Gasteiger partial charge in [0.2, 0.25) is 0 Å². The van der Waals surface area contributed by atoms with Gasteiger partial charge in [0.25, 0.3) is 0 Å². The number of para-hydroxylation sites is 1. The molecule has 0 unspecified atom stereocenters. The number of nitrogens with zero attached hydrogens (tertiary/aromatic N) is 3. The highest BCUT2D eigenvalue weighted by Crippen LogP contribution is 2.15. The van der Waals surface area contributed by atoms with Gasteiger partial charge >= 0.3 is 0 Å². The minimum atomic E-state index is 0.693. The van der Waals surface area contributed by atoms with Crippen LogP contribution in [0.25, 0.3) is 21.9 Å². The molecule has 0 atom stereocenters. The van der Waals surface area contributed by atoms with Gasteiger partial charge in [-0.2, -0.15) is 0 Å². The monoisotopic (exact) mass is 180 g/mol. The van der Waals surface area contributed by atoms with Gasteiger partial charge in [-0.3, -0.25) is 0 Å². The van der Waals surface area contributed by atoms with Crippen molar-refractivity contribution in [3.63, 3.8) is 0 Å². The van der Waals surface area contributed by atoms with E-state index in [2.05, 4.69) is 21.0 Å². The second-order valence-corrected chi connectivity index (χ2v) is 3.01. The smallest absolute Gasteiger partial charge is 0.163 e. The lowest BCUT2D eigenvalue weighted by Crippen LogP contribution is -1.86. The van der Waals surface area contributed by atoms with E-state index in [1.807, 2.05) is 24.3 Å². The van der Waals surface area contributed by atoms with Gasteiger partial charge in [0.15, 0.2) is 5.65 Å². The van der Waals surface area contributed by atoms with Crippen molar-refractivity contribution in [3.05, 3.63) is 42.9 Å². The summed E-state index contributed by atoms with van der Waals surface area (Å²) >= 11 is 0. The van der Waals surface area contributed by atoms with Crippen LogP contribution in [0.4, 0.5) is 0 Å². The molecule has 0 bridgehead atoms. The van der Waals surface area contributed by atoms with E-state index in [-0.39, 0.29) is 0 Å². The molecule has 0 aliphatic rings. The topological polar surface area (TPSA) is 38.7 Å². The summed E-state index contributed by atoms with van der Waals surface area (Å²) in [7, 11) is 0. The maximum atomic E-state index is 4.40. The fourth-order valence-electron chi connectivity index (χ4n) is 1.44. The lowest BCUT2D eigenvalue weighted by Gasteiger charge is -1.97. The van der Waals surface area contributed by atoms with E-state index in [9.17, 15) is 0 Å². The van der Waals surface area contributed by atoms with E-state index in [1.54, 1.807) is 6.20 Å². The van der Waals surface area contributed by atoms with Gasteiger partial charge < -0.3 is 0 Å². The Morgan fingerprint density at radius 3 is 3.00 bits per heavy atom. The van der Waals surface area contributed by atoms with E-state index in [4.69, 9.17) is 0 Å². The van der Waals surface area contributed by atoms with Crippen molar-refractivity contribution >= 4 is 21.9 Å². The number of hydrogen-bond donors (Lipinski definition) is 0. The molecule has 0 aliphatic carbocycles. The molecule has 3 nitrogen and oxygen atoms in total. The molecule has 0 fully saturated rings. The summed E-state index contributed by atoms with van der Waals surface area (Å²) in [5, 5.41) is 1.85. The molecule has 2 aromatic heterocycles. The van der Waals surface area contributed by atoms with Gasteiger partial charge in [-0.15, -0.1) is 0 Å². The minimum absolute atomic E-state index is 0.693. The Bertz CT molecular complexity index is 499. The Labute approximate surface area is 80.5 Å². The first kappa shape index (κ1) is 7.38. The first-order valence-electron chi connectivity index (χ1n) is 4.31. The van der Waals surface area contributed by atoms with E-state index < -0.39 is 0 Å². The lowest BCUT2D eigenvalue weighted by molar-refractivity contribution is 1.19. The maximum absolute atomic E-state index is 4.40. The number of benzene rings is 1. The van der Waals surface area contributed by atoms with Gasteiger partial charge in [-0.05, 0) is 6.07 Å². The number of aromatic nitrogens is 3. The Balaban J connectivity index is 2.52. The lowest BCUT2D eigenvalue weighted by atomic mass is 10.2. The average Bonchev–Trinajstić information content (AvgIpc) is 2.26. The zero-order chi connectivity index (χ0) is 9.38. The number of pyridine rings is 1. The first-order chi connectivity index (χ1) is 6.93. The summed E-state index contributed by atoms with van der Waals surface area (Å²) in [5.41, 5.74) is 1.61. The molecule has 3 rings (SSSR count). The highest BCUT2D eigenvalue weighted by atomic mass is 14.9. The highest BCUT2D eigenvalue weighted by molar-refractivity contribution is 5.89. The molecule has 0 N–H and O–H groups in total. The quantitative estimate of drug-likeness (QED) is 0.496. The van der Waals surface area contributed by atoms with Gasteiger partial charge in [-0.25, -0.2) is 15.0 Å². The van der Waals surface area contributed by atoms with Crippen molar-refractivity contribution in [1.29, 1.82) is 0 Å². The van der Waals surface area contributed by atoms with Crippen LogP contribution in [-0.2, 0) is 0 Å². The molecular formula is C11H6N3. The van der Waals surface area contributed by atoms with E-state index in [1.165, 1.54) is 6.33 Å². The summed E-state index contributed by atoms with van der Waals surface area (Å²) < 4.78 is 0. The van der Waals surface area contributed by atoms with Gasteiger partial charge in [0, 0.05) is 23.0 Å². The standard InChI is InChI=1S/C11H6N3/c1-2-4-10-8(3-1)5-9-6-12-7-13-11(9)14-10/h1-4,6-7H. The van der Waals surface area contributed by atoms with Gasteiger partial charge in [-0.1, -0.05) is 18.2 Å². The predicted octanol–water partition coefficient (Wildman–Crippen LogP) is 1.98. The van der Waals surface area contributed by atoms with E-state index in [0.717, 1.165) is 16.3 Å². The summed E-state index contributed by atoms with van der Waals surface area (Å²) in [6.45, 7) is 0. The molecule has 1 radical (unpaired) electrons. The predicted molar refractivity (Wildman–Crippen MR) is 53.7 cm³/mol. The average molecular weight is 180 g/mol.